The summed E-state index contributed by atoms with van der Waals surface area (Å²) < 4.78 is 12.6. The van der Waals surface area contributed by atoms with Gasteiger partial charge in [-0.05, 0) is 72.8 Å². The standard InChI is InChI=1S/C39H47NO6/c1-8-11-26-17-27(18-32(45-10-3)36(26)46-23-24-12-14-25(15-13-24)37(43)44)33-34-28(19-38(4,5)21-30(34)41)40(16-9-2)29-20-39(6,7)22-31(42)35(29)33/h8,12-15,17-18,33H,1,9-11,16,19-23H2,2-7H3,(H,43,44). The second-order valence-electron chi connectivity index (χ2n) is 14.4. The van der Waals surface area contributed by atoms with Gasteiger partial charge in [-0.15, -0.1) is 6.58 Å². The summed E-state index contributed by atoms with van der Waals surface area (Å²) in [5.74, 6) is -0.124. The second-order valence-corrected chi connectivity index (χ2v) is 14.4. The van der Waals surface area contributed by atoms with E-state index in [0.29, 0.717) is 37.4 Å². The molecular weight excluding hydrogens is 578 g/mol. The minimum atomic E-state index is -0.980. The van der Waals surface area contributed by atoms with Gasteiger partial charge in [0.1, 0.15) is 6.61 Å². The van der Waals surface area contributed by atoms with E-state index in [0.717, 1.165) is 65.0 Å². The average molecular weight is 626 g/mol. The van der Waals surface area contributed by atoms with Crippen molar-refractivity contribution in [3.8, 4) is 11.5 Å². The molecule has 0 saturated heterocycles. The summed E-state index contributed by atoms with van der Waals surface area (Å²) in [5.41, 5.74) is 6.01. The Morgan fingerprint density at radius 2 is 1.52 bits per heavy atom. The Hall–Kier alpha value is -4.13. The van der Waals surface area contributed by atoms with Crippen molar-refractivity contribution in [3.05, 3.63) is 93.8 Å². The summed E-state index contributed by atoms with van der Waals surface area (Å²) >= 11 is 0. The van der Waals surface area contributed by atoms with Crippen molar-refractivity contribution in [2.24, 2.45) is 10.8 Å². The zero-order chi connectivity index (χ0) is 33.4. The van der Waals surface area contributed by atoms with Crippen LogP contribution in [-0.4, -0.2) is 40.7 Å². The van der Waals surface area contributed by atoms with Gasteiger partial charge in [0, 0.05) is 53.4 Å². The second kappa shape index (κ2) is 12.9. The van der Waals surface area contributed by atoms with Crippen molar-refractivity contribution < 1.29 is 29.0 Å². The molecule has 7 heteroatoms. The number of benzene rings is 2. The van der Waals surface area contributed by atoms with Crippen molar-refractivity contribution in [2.75, 3.05) is 13.2 Å². The molecule has 0 unspecified atom stereocenters. The van der Waals surface area contributed by atoms with Crippen LogP contribution in [0, 0.1) is 10.8 Å². The first kappa shape index (κ1) is 33.2. The van der Waals surface area contributed by atoms with E-state index in [1.165, 1.54) is 0 Å². The van der Waals surface area contributed by atoms with Gasteiger partial charge in [-0.1, -0.05) is 58.9 Å². The van der Waals surface area contributed by atoms with E-state index in [9.17, 15) is 19.5 Å². The van der Waals surface area contributed by atoms with Gasteiger partial charge < -0.3 is 19.5 Å². The molecule has 1 N–H and O–H groups in total. The third-order valence-electron chi connectivity index (χ3n) is 9.20. The van der Waals surface area contributed by atoms with Crippen LogP contribution in [0.3, 0.4) is 0 Å². The molecule has 2 aromatic carbocycles. The van der Waals surface area contributed by atoms with Crippen LogP contribution in [0.2, 0.25) is 0 Å². The molecule has 0 bridgehead atoms. The van der Waals surface area contributed by atoms with Gasteiger partial charge in [0.25, 0.3) is 0 Å². The Balaban J connectivity index is 1.67. The summed E-state index contributed by atoms with van der Waals surface area (Å²) in [6.45, 7) is 18.1. The van der Waals surface area contributed by atoms with Crippen LogP contribution in [0.4, 0.5) is 0 Å². The predicted octanol–water partition coefficient (Wildman–Crippen LogP) is 8.19. The number of carbonyl (C=O) groups is 3. The van der Waals surface area contributed by atoms with Gasteiger partial charge in [0.2, 0.25) is 0 Å². The molecule has 0 spiro atoms. The van der Waals surface area contributed by atoms with Gasteiger partial charge in [0.15, 0.2) is 23.1 Å². The molecule has 0 fully saturated rings. The smallest absolute Gasteiger partial charge is 0.335 e. The number of carbonyl (C=O) groups excluding carboxylic acids is 2. The summed E-state index contributed by atoms with van der Waals surface area (Å²) in [4.78, 5) is 42.0. The molecule has 7 nitrogen and oxygen atoms in total. The molecule has 2 aromatic rings. The molecule has 5 rings (SSSR count). The first-order valence-corrected chi connectivity index (χ1v) is 16.4. The normalized spacial score (nSPS) is 19.1. The highest BCUT2D eigenvalue weighted by Crippen LogP contribution is 2.55. The van der Waals surface area contributed by atoms with Gasteiger partial charge in [0.05, 0.1) is 12.2 Å². The van der Waals surface area contributed by atoms with E-state index in [2.05, 4.69) is 52.2 Å². The molecule has 46 heavy (non-hydrogen) atoms. The van der Waals surface area contributed by atoms with Crippen molar-refractivity contribution in [1.29, 1.82) is 0 Å². The molecule has 3 aliphatic rings. The largest absolute Gasteiger partial charge is 0.490 e. The maximum Gasteiger partial charge on any atom is 0.335 e. The van der Waals surface area contributed by atoms with Crippen LogP contribution in [0.15, 0.2) is 71.6 Å². The van der Waals surface area contributed by atoms with E-state index in [1.54, 1.807) is 24.3 Å². The number of nitrogens with zero attached hydrogens (tertiary/aromatic N) is 1. The molecule has 0 atom stereocenters. The molecule has 1 heterocycles. The Kier molecular flexibility index (Phi) is 9.35. The van der Waals surface area contributed by atoms with Crippen LogP contribution >= 0.6 is 0 Å². The minimum Gasteiger partial charge on any atom is -0.490 e. The molecule has 0 amide bonds. The molecule has 0 aromatic heterocycles. The number of carboxylic acid groups (broad SMARTS) is 1. The number of aromatic carboxylic acids is 1. The first-order chi connectivity index (χ1) is 21.8. The first-order valence-electron chi connectivity index (χ1n) is 16.4. The number of rotatable bonds is 11. The quantitative estimate of drug-likeness (QED) is 0.252. The number of hydrogen-bond donors (Lipinski definition) is 1. The molecule has 0 saturated carbocycles. The Morgan fingerprint density at radius 3 is 2.02 bits per heavy atom. The van der Waals surface area contributed by atoms with E-state index in [-0.39, 0.29) is 34.6 Å². The van der Waals surface area contributed by atoms with Crippen LogP contribution in [0.5, 0.6) is 11.5 Å². The number of allylic oxidation sites excluding steroid dienone is 5. The van der Waals surface area contributed by atoms with Gasteiger partial charge >= 0.3 is 5.97 Å². The Morgan fingerprint density at radius 1 is 0.935 bits per heavy atom. The lowest BCUT2D eigenvalue weighted by molar-refractivity contribution is -0.119. The predicted molar refractivity (Wildman–Crippen MR) is 179 cm³/mol. The molecule has 0 radical (unpaired) electrons. The van der Waals surface area contributed by atoms with Gasteiger partial charge in [-0.25, -0.2) is 4.79 Å². The maximum atomic E-state index is 14.2. The zero-order valence-corrected chi connectivity index (χ0v) is 28.1. The fourth-order valence-electron chi connectivity index (χ4n) is 7.36. The van der Waals surface area contributed by atoms with Crippen molar-refractivity contribution in [3.63, 3.8) is 0 Å². The fourth-order valence-corrected chi connectivity index (χ4v) is 7.36. The SMILES string of the molecule is C=CCc1cc(C2C3=C(CC(C)(C)CC3=O)N(CCC)C3=C2C(=O)CC(C)(C)C3)cc(OCC)c1OCc1ccc(C(=O)O)cc1. The number of hydrogen-bond acceptors (Lipinski definition) is 6. The average Bonchev–Trinajstić information content (AvgIpc) is 2.96. The van der Waals surface area contributed by atoms with Crippen LogP contribution in [0.1, 0.15) is 107 Å². The molecule has 1 aliphatic heterocycles. The number of Topliss-reactive ketones (excluding diaryl/α,β-unsaturated/α-hetero) is 2. The highest BCUT2D eigenvalue weighted by Gasteiger charge is 2.49. The third-order valence-corrected chi connectivity index (χ3v) is 9.20. The van der Waals surface area contributed by atoms with E-state index in [1.807, 2.05) is 19.1 Å². The molecule has 244 valence electrons. The lowest BCUT2D eigenvalue weighted by atomic mass is 9.63. The van der Waals surface area contributed by atoms with E-state index < -0.39 is 11.9 Å². The fraction of sp³-hybridized carbons (Fsp3) is 0.462. The van der Waals surface area contributed by atoms with E-state index in [4.69, 9.17) is 9.47 Å². The number of carboxylic acids is 1. The van der Waals surface area contributed by atoms with Crippen molar-refractivity contribution >= 4 is 17.5 Å². The molecular formula is C39H47NO6. The lowest BCUT2D eigenvalue weighted by Gasteiger charge is -2.49. The summed E-state index contributed by atoms with van der Waals surface area (Å²) in [6, 6.07) is 10.6. The topological polar surface area (TPSA) is 93.1 Å². The van der Waals surface area contributed by atoms with Crippen LogP contribution < -0.4 is 9.47 Å². The third kappa shape index (κ3) is 6.55. The lowest BCUT2D eigenvalue weighted by Crippen LogP contribution is -2.44. The van der Waals surface area contributed by atoms with Crippen molar-refractivity contribution in [1.82, 2.24) is 4.90 Å². The highest BCUT2D eigenvalue weighted by atomic mass is 16.5. The van der Waals surface area contributed by atoms with Crippen molar-refractivity contribution in [2.45, 2.75) is 92.6 Å². The Labute approximate surface area is 273 Å². The minimum absolute atomic E-state index is 0.106. The maximum absolute atomic E-state index is 14.2. The Bertz CT molecular complexity index is 1570. The summed E-state index contributed by atoms with van der Waals surface area (Å²) in [7, 11) is 0. The van der Waals surface area contributed by atoms with E-state index >= 15 is 0 Å². The highest BCUT2D eigenvalue weighted by molar-refractivity contribution is 6.07. The molecule has 2 aliphatic carbocycles. The summed E-state index contributed by atoms with van der Waals surface area (Å²) in [6.07, 6.45) is 5.63. The number of ether oxygens (including phenoxy) is 2. The van der Waals surface area contributed by atoms with Gasteiger partial charge in [-0.3, -0.25) is 9.59 Å². The zero-order valence-electron chi connectivity index (χ0n) is 28.1. The van der Waals surface area contributed by atoms with Crippen LogP contribution in [0.25, 0.3) is 0 Å². The monoisotopic (exact) mass is 625 g/mol. The summed E-state index contributed by atoms with van der Waals surface area (Å²) in [5, 5.41) is 9.27. The van der Waals surface area contributed by atoms with Gasteiger partial charge in [-0.2, -0.15) is 0 Å². The number of ketones is 2. The van der Waals surface area contributed by atoms with Crippen LogP contribution in [-0.2, 0) is 22.6 Å².